The molecule has 0 saturated heterocycles. The van der Waals surface area contributed by atoms with Gasteiger partial charge in [0.25, 0.3) is 0 Å². The molecular weight excluding hydrogens is 226 g/mol. The lowest BCUT2D eigenvalue weighted by Gasteiger charge is -2.13. The van der Waals surface area contributed by atoms with Gasteiger partial charge in [-0.05, 0) is 29.9 Å². The van der Waals surface area contributed by atoms with Crippen LogP contribution in [0, 0.1) is 5.92 Å². The molecule has 0 radical (unpaired) electrons. The zero-order chi connectivity index (χ0) is 11.4. The van der Waals surface area contributed by atoms with Gasteiger partial charge in [0.1, 0.15) is 0 Å². The van der Waals surface area contributed by atoms with Crippen LogP contribution in [0.3, 0.4) is 0 Å². The Labute approximate surface area is 101 Å². The Hall–Kier alpha value is -0.600. The molecule has 0 aliphatic carbocycles. The fraction of sp³-hybridized carbons (Fsp3) is 0.333. The van der Waals surface area contributed by atoms with Crippen LogP contribution in [-0.4, -0.2) is 0 Å². The Balaban J connectivity index is 2.98. The number of nitrogens with two attached hydrogens (primary N) is 1. The van der Waals surface area contributed by atoms with Gasteiger partial charge in [0, 0.05) is 5.69 Å². The van der Waals surface area contributed by atoms with Crippen LogP contribution in [0.15, 0.2) is 34.1 Å². The molecule has 1 aromatic rings. The van der Waals surface area contributed by atoms with Gasteiger partial charge < -0.3 is 5.73 Å². The lowest BCUT2D eigenvalue weighted by molar-refractivity contribution is 0.814. The summed E-state index contributed by atoms with van der Waals surface area (Å²) in [6.45, 7) is 6.36. The van der Waals surface area contributed by atoms with E-state index in [1.54, 1.807) is 11.8 Å². The Kier molecular flexibility index (Phi) is 4.55. The van der Waals surface area contributed by atoms with E-state index in [2.05, 4.69) is 19.9 Å². The van der Waals surface area contributed by atoms with E-state index in [0.29, 0.717) is 5.92 Å². The number of hydrogen-bond acceptors (Lipinski definition) is 2. The third kappa shape index (κ3) is 3.18. The summed E-state index contributed by atoms with van der Waals surface area (Å²) in [5, 5.41) is 0.722. The van der Waals surface area contributed by atoms with Crippen molar-refractivity contribution in [3.05, 3.63) is 34.2 Å². The molecule has 0 fully saturated rings. The van der Waals surface area contributed by atoms with Crippen molar-refractivity contribution in [2.24, 2.45) is 5.92 Å². The minimum Gasteiger partial charge on any atom is -0.398 e. The minimum absolute atomic E-state index is 0.496. The zero-order valence-electron chi connectivity index (χ0n) is 9.25. The minimum atomic E-state index is 0.496. The maximum Gasteiger partial charge on any atom is 0.0566 e. The van der Waals surface area contributed by atoms with Crippen molar-refractivity contribution < 1.29 is 0 Å². The van der Waals surface area contributed by atoms with E-state index in [1.807, 2.05) is 25.1 Å². The summed E-state index contributed by atoms with van der Waals surface area (Å²) in [4.78, 5) is 2.25. The topological polar surface area (TPSA) is 26.0 Å². The lowest BCUT2D eigenvalue weighted by atomic mass is 10.2. The summed E-state index contributed by atoms with van der Waals surface area (Å²) >= 11 is 7.76. The Morgan fingerprint density at radius 3 is 2.60 bits per heavy atom. The molecule has 3 heteroatoms. The SMILES string of the molecule is C/C=C(\Sc1c(N)cccc1Cl)C(C)C. The molecule has 82 valence electrons. The van der Waals surface area contributed by atoms with Crippen molar-refractivity contribution in [1.29, 1.82) is 0 Å². The largest absolute Gasteiger partial charge is 0.398 e. The van der Waals surface area contributed by atoms with E-state index in [9.17, 15) is 0 Å². The third-order valence-electron chi connectivity index (χ3n) is 2.07. The highest BCUT2D eigenvalue weighted by molar-refractivity contribution is 8.03. The molecule has 0 bridgehead atoms. The molecule has 0 saturated carbocycles. The first-order valence-electron chi connectivity index (χ1n) is 4.94. The third-order valence-corrected chi connectivity index (χ3v) is 4.10. The highest BCUT2D eigenvalue weighted by Crippen LogP contribution is 2.39. The summed E-state index contributed by atoms with van der Waals surface area (Å²) in [7, 11) is 0. The van der Waals surface area contributed by atoms with Gasteiger partial charge in [-0.25, -0.2) is 0 Å². The highest BCUT2D eigenvalue weighted by atomic mass is 35.5. The molecule has 2 N–H and O–H groups in total. The molecule has 15 heavy (non-hydrogen) atoms. The van der Waals surface area contributed by atoms with Gasteiger partial charge in [0.2, 0.25) is 0 Å². The average molecular weight is 242 g/mol. The van der Waals surface area contributed by atoms with E-state index < -0.39 is 0 Å². The first kappa shape index (κ1) is 12.5. The molecule has 0 heterocycles. The summed E-state index contributed by atoms with van der Waals surface area (Å²) in [6, 6.07) is 5.61. The second kappa shape index (κ2) is 5.47. The van der Waals surface area contributed by atoms with Crippen molar-refractivity contribution in [2.75, 3.05) is 5.73 Å². The number of allylic oxidation sites excluding steroid dienone is 2. The van der Waals surface area contributed by atoms with E-state index >= 15 is 0 Å². The van der Waals surface area contributed by atoms with Crippen molar-refractivity contribution in [3.63, 3.8) is 0 Å². The first-order valence-corrected chi connectivity index (χ1v) is 6.13. The van der Waals surface area contributed by atoms with Gasteiger partial charge in [-0.1, -0.05) is 49.4 Å². The summed E-state index contributed by atoms with van der Waals surface area (Å²) in [5.74, 6) is 0.496. The molecule has 0 spiro atoms. The van der Waals surface area contributed by atoms with Crippen molar-refractivity contribution in [3.8, 4) is 0 Å². The molecule has 0 aromatic heterocycles. The maximum absolute atomic E-state index is 6.11. The fourth-order valence-electron chi connectivity index (χ4n) is 1.26. The van der Waals surface area contributed by atoms with E-state index in [1.165, 1.54) is 4.91 Å². The molecule has 1 rings (SSSR count). The molecular formula is C12H16ClNS. The average Bonchev–Trinajstić information content (AvgIpc) is 2.17. The molecule has 0 atom stereocenters. The van der Waals surface area contributed by atoms with Gasteiger partial charge in [-0.15, -0.1) is 0 Å². The summed E-state index contributed by atoms with van der Waals surface area (Å²) in [6.07, 6.45) is 2.11. The van der Waals surface area contributed by atoms with E-state index in [0.717, 1.165) is 15.6 Å². The lowest BCUT2D eigenvalue weighted by Crippen LogP contribution is -1.93. The van der Waals surface area contributed by atoms with Crippen LogP contribution in [0.5, 0.6) is 0 Å². The molecule has 0 aliphatic rings. The smallest absolute Gasteiger partial charge is 0.0566 e. The van der Waals surface area contributed by atoms with Crippen LogP contribution in [0.2, 0.25) is 5.02 Å². The van der Waals surface area contributed by atoms with Crippen molar-refractivity contribution >= 4 is 29.1 Å². The van der Waals surface area contributed by atoms with Crippen LogP contribution in [0.1, 0.15) is 20.8 Å². The number of rotatable bonds is 3. The molecule has 1 aromatic carbocycles. The highest BCUT2D eigenvalue weighted by Gasteiger charge is 2.10. The van der Waals surface area contributed by atoms with E-state index in [-0.39, 0.29) is 0 Å². The van der Waals surface area contributed by atoms with E-state index in [4.69, 9.17) is 17.3 Å². The summed E-state index contributed by atoms with van der Waals surface area (Å²) in [5.41, 5.74) is 6.64. The number of thioether (sulfide) groups is 1. The zero-order valence-corrected chi connectivity index (χ0v) is 10.8. The number of hydrogen-bond donors (Lipinski definition) is 1. The van der Waals surface area contributed by atoms with Crippen molar-refractivity contribution in [1.82, 2.24) is 0 Å². The predicted molar refractivity (Wildman–Crippen MR) is 70.3 cm³/mol. The summed E-state index contributed by atoms with van der Waals surface area (Å²) < 4.78 is 0. The molecule has 1 nitrogen and oxygen atoms in total. The molecule has 0 unspecified atom stereocenters. The maximum atomic E-state index is 6.11. The Bertz CT molecular complexity index is 352. The van der Waals surface area contributed by atoms with Gasteiger partial charge in [-0.2, -0.15) is 0 Å². The van der Waals surface area contributed by atoms with Gasteiger partial charge in [-0.3, -0.25) is 0 Å². The second-order valence-corrected chi connectivity index (χ2v) is 5.10. The van der Waals surface area contributed by atoms with Gasteiger partial charge in [0.05, 0.1) is 9.92 Å². The monoisotopic (exact) mass is 241 g/mol. The van der Waals surface area contributed by atoms with Crippen LogP contribution < -0.4 is 5.73 Å². The van der Waals surface area contributed by atoms with Crippen molar-refractivity contribution in [2.45, 2.75) is 25.7 Å². The number of benzene rings is 1. The van der Waals surface area contributed by atoms with Crippen LogP contribution in [-0.2, 0) is 0 Å². The number of halogens is 1. The van der Waals surface area contributed by atoms with Gasteiger partial charge >= 0.3 is 0 Å². The molecule has 0 aliphatic heterocycles. The standard InChI is InChI=1S/C12H16ClNS/c1-4-11(8(2)3)15-12-9(13)6-5-7-10(12)14/h4-8H,14H2,1-3H3/b11-4-. The first-order chi connectivity index (χ1) is 7.06. The quantitative estimate of drug-likeness (QED) is 0.620. The van der Waals surface area contributed by atoms with Gasteiger partial charge in [0.15, 0.2) is 0 Å². The fourth-order valence-corrected chi connectivity index (χ4v) is 2.50. The van der Waals surface area contributed by atoms with Crippen LogP contribution in [0.4, 0.5) is 5.69 Å². The van der Waals surface area contributed by atoms with Crippen LogP contribution >= 0.6 is 23.4 Å². The normalized spacial score (nSPS) is 12.2. The predicted octanol–water partition coefficient (Wildman–Crippen LogP) is 4.57. The molecule has 0 amide bonds. The Morgan fingerprint density at radius 2 is 2.13 bits per heavy atom. The second-order valence-electron chi connectivity index (χ2n) is 3.61. The Morgan fingerprint density at radius 1 is 1.47 bits per heavy atom. The number of anilines is 1. The number of nitrogen functional groups attached to an aromatic ring is 1. The van der Waals surface area contributed by atoms with Crippen LogP contribution in [0.25, 0.3) is 0 Å².